The topological polar surface area (TPSA) is 76.4 Å². The number of carbonyl (C=O) groups is 1. The molecule has 0 aromatic carbocycles. The van der Waals surface area contributed by atoms with Crippen molar-refractivity contribution in [1.82, 2.24) is 10.4 Å². The maximum absolute atomic E-state index is 10.7. The standard InChI is InChI=1S/C13H21N3O2/c1-3-4-5-6-7-8-13(2)11(9-12(17)18)15-16(13)10-14/h5-6,11,15H,3-4,7-9H2,1-2H3,(H,17,18)/b6-5+. The first kappa shape index (κ1) is 14.5. The molecule has 2 unspecified atom stereocenters. The van der Waals surface area contributed by atoms with Gasteiger partial charge in [0.2, 0.25) is 0 Å². The van der Waals surface area contributed by atoms with Crippen LogP contribution in [-0.2, 0) is 4.79 Å². The van der Waals surface area contributed by atoms with Gasteiger partial charge in [0.15, 0.2) is 6.19 Å². The van der Waals surface area contributed by atoms with Crippen LogP contribution < -0.4 is 5.43 Å². The molecule has 0 aromatic rings. The lowest BCUT2D eigenvalue weighted by molar-refractivity contribution is -0.144. The maximum atomic E-state index is 10.7. The molecule has 1 aliphatic heterocycles. The molecule has 0 radical (unpaired) electrons. The van der Waals surface area contributed by atoms with E-state index in [1.165, 1.54) is 5.01 Å². The number of carboxylic acid groups (broad SMARTS) is 1. The Morgan fingerprint density at radius 3 is 2.78 bits per heavy atom. The predicted octanol–water partition coefficient (Wildman–Crippen LogP) is 2.03. The quantitative estimate of drug-likeness (QED) is 0.535. The number of hydrazine groups is 1. The first-order valence-corrected chi connectivity index (χ1v) is 6.37. The Bertz CT molecular complexity index is 362. The van der Waals surface area contributed by atoms with Crippen LogP contribution >= 0.6 is 0 Å². The summed E-state index contributed by atoms with van der Waals surface area (Å²) in [6, 6.07) is -0.158. The molecular formula is C13H21N3O2. The Labute approximate surface area is 108 Å². The maximum Gasteiger partial charge on any atom is 0.305 e. The third-order valence-electron chi connectivity index (χ3n) is 3.46. The Morgan fingerprint density at radius 2 is 2.22 bits per heavy atom. The van der Waals surface area contributed by atoms with Gasteiger partial charge in [-0.2, -0.15) is 5.26 Å². The number of carboxylic acids is 1. The van der Waals surface area contributed by atoms with Crippen LogP contribution in [0.1, 0.15) is 46.0 Å². The SMILES string of the molecule is CCC/C=C/CCC1(C)C(CC(=O)O)NN1C#N. The second kappa shape index (κ2) is 6.41. The minimum absolute atomic E-state index is 0.0490. The van der Waals surface area contributed by atoms with Crippen molar-refractivity contribution >= 4 is 5.97 Å². The van der Waals surface area contributed by atoms with Crippen LogP contribution in [0, 0.1) is 11.5 Å². The van der Waals surface area contributed by atoms with Crippen LogP contribution in [0.4, 0.5) is 0 Å². The Morgan fingerprint density at radius 1 is 1.56 bits per heavy atom. The van der Waals surface area contributed by atoms with Crippen molar-refractivity contribution in [2.45, 2.75) is 57.5 Å². The largest absolute Gasteiger partial charge is 0.481 e. The molecule has 1 heterocycles. The highest BCUT2D eigenvalue weighted by Gasteiger charge is 2.50. The Balaban J connectivity index is 2.50. The molecule has 5 heteroatoms. The van der Waals surface area contributed by atoms with Crippen LogP contribution in [0.3, 0.4) is 0 Å². The summed E-state index contributed by atoms with van der Waals surface area (Å²) in [5.41, 5.74) is 2.49. The fraction of sp³-hybridized carbons (Fsp3) is 0.692. The van der Waals surface area contributed by atoms with Gasteiger partial charge in [0, 0.05) is 0 Å². The number of hydrogen-bond acceptors (Lipinski definition) is 4. The summed E-state index contributed by atoms with van der Waals surface area (Å²) in [6.07, 6.45) is 10.2. The first-order chi connectivity index (χ1) is 8.54. The van der Waals surface area contributed by atoms with Crippen molar-refractivity contribution < 1.29 is 9.90 Å². The van der Waals surface area contributed by atoms with Gasteiger partial charge in [-0.15, -0.1) is 0 Å². The van der Waals surface area contributed by atoms with Gasteiger partial charge in [0.1, 0.15) is 0 Å². The number of rotatable bonds is 7. The van der Waals surface area contributed by atoms with Crippen molar-refractivity contribution in [3.63, 3.8) is 0 Å². The van der Waals surface area contributed by atoms with E-state index in [-0.39, 0.29) is 18.0 Å². The average molecular weight is 251 g/mol. The van der Waals surface area contributed by atoms with Crippen molar-refractivity contribution in [2.24, 2.45) is 0 Å². The molecule has 1 saturated heterocycles. The van der Waals surface area contributed by atoms with Gasteiger partial charge in [-0.1, -0.05) is 25.5 Å². The third kappa shape index (κ3) is 3.23. The zero-order chi connectivity index (χ0) is 13.6. The summed E-state index contributed by atoms with van der Waals surface area (Å²) in [5, 5.41) is 19.3. The molecule has 5 nitrogen and oxygen atoms in total. The minimum Gasteiger partial charge on any atom is -0.481 e. The van der Waals surface area contributed by atoms with Gasteiger partial charge in [-0.3, -0.25) is 4.79 Å². The zero-order valence-electron chi connectivity index (χ0n) is 11.0. The van der Waals surface area contributed by atoms with E-state index in [2.05, 4.69) is 30.7 Å². The van der Waals surface area contributed by atoms with Gasteiger partial charge in [0.05, 0.1) is 18.0 Å². The highest BCUT2D eigenvalue weighted by molar-refractivity contribution is 5.68. The summed E-state index contributed by atoms with van der Waals surface area (Å²) in [4.78, 5) is 10.7. The molecule has 0 saturated carbocycles. The van der Waals surface area contributed by atoms with Crippen LogP contribution in [0.2, 0.25) is 0 Å². The second-order valence-corrected chi connectivity index (χ2v) is 4.87. The molecule has 2 atom stereocenters. The van der Waals surface area contributed by atoms with E-state index in [9.17, 15) is 4.79 Å². The molecule has 0 spiro atoms. The number of nitrogens with one attached hydrogen (secondary N) is 1. The van der Waals surface area contributed by atoms with E-state index >= 15 is 0 Å². The van der Waals surface area contributed by atoms with E-state index in [4.69, 9.17) is 10.4 Å². The van der Waals surface area contributed by atoms with Crippen molar-refractivity contribution in [1.29, 1.82) is 5.26 Å². The summed E-state index contributed by atoms with van der Waals surface area (Å²) < 4.78 is 0. The Hall–Kier alpha value is -1.54. The summed E-state index contributed by atoms with van der Waals surface area (Å²) in [5.74, 6) is -0.835. The van der Waals surface area contributed by atoms with Gasteiger partial charge in [0.25, 0.3) is 0 Å². The van der Waals surface area contributed by atoms with Crippen LogP contribution in [0.15, 0.2) is 12.2 Å². The highest BCUT2D eigenvalue weighted by atomic mass is 16.4. The summed E-state index contributed by atoms with van der Waals surface area (Å²) in [7, 11) is 0. The molecule has 1 aliphatic rings. The van der Waals surface area contributed by atoms with Crippen LogP contribution in [-0.4, -0.2) is 27.7 Å². The molecule has 0 amide bonds. The van der Waals surface area contributed by atoms with E-state index in [0.717, 1.165) is 25.7 Å². The number of hydrogen-bond donors (Lipinski definition) is 2. The van der Waals surface area contributed by atoms with Crippen molar-refractivity contribution in [3.8, 4) is 6.19 Å². The van der Waals surface area contributed by atoms with Gasteiger partial charge in [-0.05, 0) is 26.2 Å². The van der Waals surface area contributed by atoms with Gasteiger partial charge in [-0.25, -0.2) is 10.4 Å². The fourth-order valence-electron chi connectivity index (χ4n) is 2.18. The lowest BCUT2D eigenvalue weighted by Crippen LogP contribution is -2.75. The van der Waals surface area contributed by atoms with E-state index in [1.54, 1.807) is 0 Å². The molecule has 2 N–H and O–H groups in total. The van der Waals surface area contributed by atoms with Crippen molar-refractivity contribution in [2.75, 3.05) is 0 Å². The molecule has 18 heavy (non-hydrogen) atoms. The number of nitrogens with zero attached hydrogens (tertiary/aromatic N) is 2. The third-order valence-corrected chi connectivity index (χ3v) is 3.46. The molecule has 0 aliphatic carbocycles. The van der Waals surface area contributed by atoms with Gasteiger partial charge >= 0.3 is 5.97 Å². The minimum atomic E-state index is -0.835. The highest BCUT2D eigenvalue weighted by Crippen LogP contribution is 2.33. The Kier molecular flexibility index (Phi) is 5.17. The van der Waals surface area contributed by atoms with Gasteiger partial charge < -0.3 is 5.11 Å². The number of nitriles is 1. The monoisotopic (exact) mass is 251 g/mol. The molecule has 0 bridgehead atoms. The summed E-state index contributed by atoms with van der Waals surface area (Å²) in [6.45, 7) is 4.07. The molecule has 1 fully saturated rings. The lowest BCUT2D eigenvalue weighted by Gasteiger charge is -2.54. The van der Waals surface area contributed by atoms with E-state index < -0.39 is 5.97 Å². The smallest absolute Gasteiger partial charge is 0.305 e. The summed E-state index contributed by atoms with van der Waals surface area (Å²) >= 11 is 0. The molecule has 1 rings (SSSR count). The normalized spacial score (nSPS) is 26.9. The van der Waals surface area contributed by atoms with E-state index in [0.29, 0.717) is 0 Å². The average Bonchev–Trinajstić information content (AvgIpc) is 2.33. The fourth-order valence-corrected chi connectivity index (χ4v) is 2.18. The van der Waals surface area contributed by atoms with E-state index in [1.807, 2.05) is 6.92 Å². The number of unbranched alkanes of at least 4 members (excludes halogenated alkanes) is 1. The lowest BCUT2D eigenvalue weighted by atomic mass is 9.81. The first-order valence-electron chi connectivity index (χ1n) is 6.37. The zero-order valence-corrected chi connectivity index (χ0v) is 11.0. The number of aliphatic carboxylic acids is 1. The predicted molar refractivity (Wildman–Crippen MR) is 68.3 cm³/mol. The molecular weight excluding hydrogens is 230 g/mol. The van der Waals surface area contributed by atoms with Crippen LogP contribution in [0.5, 0.6) is 0 Å². The molecule has 100 valence electrons. The van der Waals surface area contributed by atoms with Crippen molar-refractivity contribution in [3.05, 3.63) is 12.2 Å². The number of allylic oxidation sites excluding steroid dienone is 2. The molecule has 0 aromatic heterocycles. The second-order valence-electron chi connectivity index (χ2n) is 4.87. The van der Waals surface area contributed by atoms with Crippen LogP contribution in [0.25, 0.3) is 0 Å².